The number of esters is 1. The number of nitrogens with one attached hydrogen (secondary N) is 1. The minimum absolute atomic E-state index is 0.0596. The van der Waals surface area contributed by atoms with Gasteiger partial charge in [-0.25, -0.2) is 0 Å². The zero-order chi connectivity index (χ0) is 46.0. The first-order chi connectivity index (χ1) is 31.9. The predicted octanol–water partition coefficient (Wildman–Crippen LogP) is -0.691. The van der Waals surface area contributed by atoms with Crippen LogP contribution in [-0.2, 0) is 32.0 Å². The second kappa shape index (κ2) is 17.3. The average Bonchev–Trinajstić information content (AvgIpc) is 3.97. The van der Waals surface area contributed by atoms with Crippen molar-refractivity contribution in [1.29, 1.82) is 0 Å². The van der Waals surface area contributed by atoms with Crippen LogP contribution in [0.1, 0.15) is 65.0 Å². The molecule has 0 spiro atoms. The van der Waals surface area contributed by atoms with Crippen LogP contribution in [0.15, 0.2) is 76.6 Å². The zero-order valence-corrected chi connectivity index (χ0v) is 35.4. The SMILES string of the molecule is NC(N)[C@H](OC(=O)CC(=O)O)[C@H]1O[C@H]2Oc3cc4c(c(C[NH+]5CC6=CC=NC6=C5CO)c3CC[C@@]2(O)[C@@H](O)[C@@H]1O)[C@@H]1Oc2c3ccc(OCO)c2OCCC#C[C@@H](c2ccccc2)[C@@H](O4)[C@@H]31. The average molecular weight is 910 g/mol. The Bertz CT molecular complexity index is 2610. The van der Waals surface area contributed by atoms with Gasteiger partial charge in [-0.1, -0.05) is 48.2 Å². The smallest absolute Gasteiger partial charge is 0.317 e. The van der Waals surface area contributed by atoms with Crippen molar-refractivity contribution in [3.8, 4) is 40.6 Å². The van der Waals surface area contributed by atoms with Crippen molar-refractivity contribution in [2.24, 2.45) is 16.5 Å². The van der Waals surface area contributed by atoms with E-state index in [4.69, 9.17) is 44.6 Å². The van der Waals surface area contributed by atoms with Crippen LogP contribution in [0.2, 0.25) is 0 Å². The number of hydrogen-bond acceptors (Lipinski definition) is 17. The lowest BCUT2D eigenvalue weighted by Gasteiger charge is -2.48. The normalized spacial score (nSPS) is 30.2. The van der Waals surface area contributed by atoms with Crippen molar-refractivity contribution in [2.45, 2.75) is 98.7 Å². The molecule has 11 N–H and O–H groups in total. The highest BCUT2D eigenvalue weighted by atomic mass is 16.7. The maximum atomic E-state index is 12.5. The van der Waals surface area contributed by atoms with Crippen molar-refractivity contribution in [3.63, 3.8) is 0 Å². The first-order valence-corrected chi connectivity index (χ1v) is 21.7. The highest BCUT2D eigenvalue weighted by Crippen LogP contribution is 2.61. The van der Waals surface area contributed by atoms with Gasteiger partial charge in [0.2, 0.25) is 12.0 Å². The van der Waals surface area contributed by atoms with Gasteiger partial charge in [-0.05, 0) is 30.5 Å². The minimum Gasteiger partial charge on any atom is -0.487 e. The number of carbonyl (C=O) groups excluding carboxylic acids is 1. The summed E-state index contributed by atoms with van der Waals surface area (Å²) >= 11 is 0. The van der Waals surface area contributed by atoms with E-state index in [1.54, 1.807) is 18.3 Å². The number of aliphatic hydroxyl groups is 5. The van der Waals surface area contributed by atoms with Gasteiger partial charge in [0.15, 0.2) is 35.7 Å². The van der Waals surface area contributed by atoms with E-state index in [9.17, 15) is 40.2 Å². The summed E-state index contributed by atoms with van der Waals surface area (Å²) in [7, 11) is 0. The number of nitrogens with zero attached hydrogens (tertiary/aromatic N) is 1. The number of quaternary nitrogens is 1. The largest absolute Gasteiger partial charge is 0.487 e. The van der Waals surface area contributed by atoms with E-state index >= 15 is 0 Å². The summed E-state index contributed by atoms with van der Waals surface area (Å²) in [6, 6.07) is 15.0. The van der Waals surface area contributed by atoms with Crippen LogP contribution in [0.3, 0.4) is 0 Å². The summed E-state index contributed by atoms with van der Waals surface area (Å²) in [6.45, 7) is 0.0364. The summed E-state index contributed by atoms with van der Waals surface area (Å²) in [5.41, 5.74) is 15.6. The van der Waals surface area contributed by atoms with Crippen molar-refractivity contribution in [2.75, 3.05) is 26.6 Å². The van der Waals surface area contributed by atoms with Crippen molar-refractivity contribution in [3.05, 3.63) is 99.4 Å². The third kappa shape index (κ3) is 7.35. The molecule has 66 heavy (non-hydrogen) atoms. The number of hydrogen-bond donors (Lipinski definition) is 9. The molecule has 0 saturated carbocycles. The molecule has 7 heterocycles. The fourth-order valence-electron chi connectivity index (χ4n) is 10.4. The number of carboxylic acid groups (broad SMARTS) is 1. The molecule has 3 aromatic carbocycles. The number of aliphatic imine (C=N–C) groups is 1. The Morgan fingerprint density at radius 2 is 1.86 bits per heavy atom. The number of nitrogens with two attached hydrogens (primary N) is 2. The molecule has 10 rings (SSSR count). The highest BCUT2D eigenvalue weighted by Gasteiger charge is 2.60. The monoisotopic (exact) mass is 909 g/mol. The quantitative estimate of drug-likeness (QED) is 0.0498. The van der Waals surface area contributed by atoms with Gasteiger partial charge in [0.1, 0.15) is 73.8 Å². The molecule has 7 aliphatic heterocycles. The van der Waals surface area contributed by atoms with Crippen LogP contribution >= 0.6 is 0 Å². The van der Waals surface area contributed by atoms with Gasteiger partial charge in [0.05, 0.1) is 24.6 Å². The topological polar surface area (TPSA) is 289 Å². The molecule has 0 aromatic heterocycles. The molecule has 0 aliphatic carbocycles. The number of allylic oxidation sites excluding steroid dienone is 1. The zero-order valence-electron chi connectivity index (χ0n) is 35.4. The minimum atomic E-state index is -2.28. The summed E-state index contributed by atoms with van der Waals surface area (Å²) in [4.78, 5) is 29.3. The number of aliphatic hydroxyl groups excluding tert-OH is 4. The number of rotatable bonds is 11. The lowest BCUT2D eigenvalue weighted by atomic mass is 9.75. The van der Waals surface area contributed by atoms with Crippen molar-refractivity contribution < 1.29 is 78.3 Å². The molecule has 11 atom stereocenters. The number of carboxylic acids is 1. The Hall–Kier alpha value is -6.05. The van der Waals surface area contributed by atoms with Gasteiger partial charge in [-0.2, -0.15) is 0 Å². The second-order valence-corrected chi connectivity index (χ2v) is 17.3. The van der Waals surface area contributed by atoms with Crippen LogP contribution in [0.5, 0.6) is 28.7 Å². The van der Waals surface area contributed by atoms with Gasteiger partial charge in [-0.3, -0.25) is 19.5 Å². The van der Waals surface area contributed by atoms with E-state index in [2.05, 4.69) is 16.8 Å². The molecule has 19 nitrogen and oxygen atoms in total. The first kappa shape index (κ1) is 43.8. The van der Waals surface area contributed by atoms with E-state index in [0.29, 0.717) is 58.3 Å². The number of carbonyl (C=O) groups is 2. The Morgan fingerprint density at radius 3 is 2.62 bits per heavy atom. The molecule has 1 unspecified atom stereocenters. The van der Waals surface area contributed by atoms with Crippen LogP contribution in [-0.4, -0.2) is 124 Å². The lowest BCUT2D eigenvalue weighted by Crippen LogP contribution is -3.08. The maximum Gasteiger partial charge on any atom is 0.317 e. The van der Waals surface area contributed by atoms with Crippen molar-refractivity contribution >= 4 is 18.2 Å². The number of aliphatic carboxylic acids is 1. The van der Waals surface area contributed by atoms with Crippen molar-refractivity contribution in [1.82, 2.24) is 0 Å². The third-order valence-corrected chi connectivity index (χ3v) is 13.5. The van der Waals surface area contributed by atoms with Gasteiger partial charge < -0.3 is 75.3 Å². The van der Waals surface area contributed by atoms with E-state index in [1.807, 2.05) is 42.5 Å². The Morgan fingerprint density at radius 1 is 1.05 bits per heavy atom. The van der Waals surface area contributed by atoms with Gasteiger partial charge in [0.25, 0.3) is 0 Å². The molecular weight excluding hydrogens is 861 g/mol. The van der Waals surface area contributed by atoms with Crippen LogP contribution in [0.4, 0.5) is 0 Å². The van der Waals surface area contributed by atoms with E-state index in [1.165, 1.54) is 0 Å². The fraction of sp³-hybridized carbons (Fsp3) is 0.426. The maximum absolute atomic E-state index is 12.5. The summed E-state index contributed by atoms with van der Waals surface area (Å²) < 4.78 is 44.4. The van der Waals surface area contributed by atoms with E-state index in [-0.39, 0.29) is 44.1 Å². The third-order valence-electron chi connectivity index (χ3n) is 13.5. The van der Waals surface area contributed by atoms with Crippen LogP contribution < -0.4 is 40.1 Å². The van der Waals surface area contributed by atoms with Gasteiger partial charge in [0, 0.05) is 46.5 Å². The van der Waals surface area contributed by atoms with Gasteiger partial charge >= 0.3 is 11.9 Å². The summed E-state index contributed by atoms with van der Waals surface area (Å²) in [5.74, 6) is 4.61. The standard InChI is InChI=1S/C47H48N4O15/c48-45(49)43(64-33(56)17-32(54)55)42-37(57)44(58)47(59)13-11-25-27(19-51-18-23-12-14-50-36(23)28(51)20-52)34-31(16-30(25)63-46(47)66-42)62-38-24(22-6-2-1-3-7-22)8-4-5-15-60-40-29(61-21-53)10-9-26-35(38)41(34)65-39(26)40/h1-3,6-7,9-10,12,14,16,24,35,37-38,41-46,52-53,57-59H,5,11,13,15,17-21,48-49H2,(H,54,55)/p+1/t24-,35+,37+,38+,41-,42-,43+,44-,46+,47+/m0/s1. The molecule has 1 fully saturated rings. The Labute approximate surface area is 377 Å². The molecule has 0 radical (unpaired) electrons. The van der Waals surface area contributed by atoms with E-state index < -0.39 is 91.7 Å². The predicted molar refractivity (Wildman–Crippen MR) is 227 cm³/mol. The lowest BCUT2D eigenvalue weighted by molar-refractivity contribution is -0.867. The molecule has 7 aliphatic rings. The highest BCUT2D eigenvalue weighted by molar-refractivity contribution is 5.90. The van der Waals surface area contributed by atoms with E-state index in [0.717, 1.165) is 21.6 Å². The summed E-state index contributed by atoms with van der Waals surface area (Å²) in [5, 5.41) is 65.4. The molecule has 19 heteroatoms. The molecule has 3 aromatic rings. The summed E-state index contributed by atoms with van der Waals surface area (Å²) in [6.07, 6.45) is -9.21. The molecular formula is C47H49N4O15+. The van der Waals surface area contributed by atoms with Gasteiger partial charge in [-0.15, -0.1) is 0 Å². The number of ether oxygens (including phenoxy) is 7. The number of benzene rings is 3. The Kier molecular flexibility index (Phi) is 11.5. The number of fused-ring (bicyclic) bond motifs is 5. The Balaban J connectivity index is 1.14. The first-order valence-electron chi connectivity index (χ1n) is 21.7. The molecule has 0 amide bonds. The molecule has 4 bridgehead atoms. The second-order valence-electron chi connectivity index (χ2n) is 17.3. The fourth-order valence-corrected chi connectivity index (χ4v) is 10.4. The van der Waals surface area contributed by atoms with Crippen LogP contribution in [0, 0.1) is 11.8 Å². The molecule has 346 valence electrons. The molecule has 1 saturated heterocycles. The van der Waals surface area contributed by atoms with Crippen LogP contribution in [0.25, 0.3) is 0 Å².